The minimum atomic E-state index is -3.16. The topological polar surface area (TPSA) is 84.7 Å². The molecule has 1 saturated heterocycles. The highest BCUT2D eigenvalue weighted by atomic mass is 32.2. The van der Waals surface area contributed by atoms with Crippen molar-refractivity contribution in [2.24, 2.45) is 5.73 Å². The smallest absolute Gasteiger partial charge is 0.211 e. The predicted molar refractivity (Wildman–Crippen MR) is 53.2 cm³/mol. The van der Waals surface area contributed by atoms with E-state index in [1.165, 1.54) is 10.6 Å². The van der Waals surface area contributed by atoms with Gasteiger partial charge in [-0.1, -0.05) is 0 Å². The Bertz CT molecular complexity index is 287. The molecule has 1 aliphatic heterocycles. The van der Waals surface area contributed by atoms with Gasteiger partial charge in [-0.05, 0) is 7.05 Å². The van der Waals surface area contributed by atoms with Crippen LogP contribution in [0.25, 0.3) is 0 Å². The molecule has 0 aromatic rings. The number of nitrogens with one attached hydrogen (secondary N) is 1. The molecule has 1 rings (SSSR count). The molecule has 0 aromatic carbocycles. The number of nitrogens with two attached hydrogens (primary N) is 1. The van der Waals surface area contributed by atoms with Crippen molar-refractivity contribution in [3.63, 3.8) is 0 Å². The molecule has 0 aromatic heterocycles. The van der Waals surface area contributed by atoms with E-state index in [0.29, 0.717) is 13.2 Å². The molecular formula is C7H17N3O3S. The molecular weight excluding hydrogens is 206 g/mol. The Labute approximate surface area is 84.4 Å². The van der Waals surface area contributed by atoms with Crippen LogP contribution in [0, 0.1) is 0 Å². The predicted octanol–water partition coefficient (Wildman–Crippen LogP) is -1.85. The second kappa shape index (κ2) is 4.11. The fraction of sp³-hybridized carbons (Fsp3) is 1.00. The van der Waals surface area contributed by atoms with E-state index in [9.17, 15) is 8.42 Å². The van der Waals surface area contributed by atoms with E-state index in [2.05, 4.69) is 5.32 Å². The fourth-order valence-corrected chi connectivity index (χ4v) is 2.26. The van der Waals surface area contributed by atoms with Crippen molar-refractivity contribution in [1.29, 1.82) is 0 Å². The average Bonchev–Trinajstić information content (AvgIpc) is 2.16. The molecule has 0 aliphatic carbocycles. The second-order valence-corrected chi connectivity index (χ2v) is 5.38. The van der Waals surface area contributed by atoms with Crippen LogP contribution >= 0.6 is 0 Å². The first-order valence-electron chi connectivity index (χ1n) is 4.41. The molecule has 3 N–H and O–H groups in total. The van der Waals surface area contributed by atoms with Gasteiger partial charge in [0.1, 0.15) is 5.72 Å². The Kier molecular flexibility index (Phi) is 3.49. The first kappa shape index (κ1) is 11.9. The average molecular weight is 223 g/mol. The van der Waals surface area contributed by atoms with Gasteiger partial charge in [0.2, 0.25) is 10.0 Å². The molecule has 0 amide bonds. The third kappa shape index (κ3) is 2.43. The van der Waals surface area contributed by atoms with Crippen LogP contribution in [0.4, 0.5) is 0 Å². The minimum absolute atomic E-state index is 0.246. The van der Waals surface area contributed by atoms with Gasteiger partial charge >= 0.3 is 0 Å². The molecule has 0 unspecified atom stereocenters. The van der Waals surface area contributed by atoms with E-state index in [0.717, 1.165) is 0 Å². The maximum atomic E-state index is 11.3. The van der Waals surface area contributed by atoms with Gasteiger partial charge in [0.25, 0.3) is 0 Å². The van der Waals surface area contributed by atoms with Crippen LogP contribution in [0.5, 0.6) is 0 Å². The van der Waals surface area contributed by atoms with Crippen molar-refractivity contribution >= 4 is 10.0 Å². The van der Waals surface area contributed by atoms with E-state index in [1.54, 1.807) is 7.05 Å². The summed E-state index contributed by atoms with van der Waals surface area (Å²) in [5, 5.41) is 2.92. The highest BCUT2D eigenvalue weighted by molar-refractivity contribution is 7.88. The van der Waals surface area contributed by atoms with Gasteiger partial charge in [-0.25, -0.2) is 8.42 Å². The molecule has 14 heavy (non-hydrogen) atoms. The molecule has 0 spiro atoms. The molecule has 1 fully saturated rings. The number of likely N-dealkylation sites (N-methyl/N-ethyl adjacent to an activating group) is 1. The standard InChI is InChI=1S/C7H17N3O3S/c1-9-7(5-8)6-10(3-4-13-7)14(2,11)12/h9H,3-6,8H2,1-2H3/t7-/m0/s1. The van der Waals surface area contributed by atoms with Crippen molar-refractivity contribution in [3.05, 3.63) is 0 Å². The molecule has 0 saturated carbocycles. The summed E-state index contributed by atoms with van der Waals surface area (Å²) in [5.41, 5.74) is 4.81. The van der Waals surface area contributed by atoms with E-state index >= 15 is 0 Å². The van der Waals surface area contributed by atoms with Crippen LogP contribution in [0.1, 0.15) is 0 Å². The van der Waals surface area contributed by atoms with Crippen LogP contribution < -0.4 is 11.1 Å². The van der Waals surface area contributed by atoms with Gasteiger partial charge in [0, 0.05) is 13.1 Å². The second-order valence-electron chi connectivity index (χ2n) is 3.39. The summed E-state index contributed by atoms with van der Waals surface area (Å²) >= 11 is 0. The number of hydrogen-bond donors (Lipinski definition) is 2. The Morgan fingerprint density at radius 2 is 2.29 bits per heavy atom. The van der Waals surface area contributed by atoms with Crippen molar-refractivity contribution in [3.8, 4) is 0 Å². The summed E-state index contributed by atoms with van der Waals surface area (Å²) in [6.45, 7) is 1.27. The monoisotopic (exact) mass is 223 g/mol. The summed E-state index contributed by atoms with van der Waals surface area (Å²) in [7, 11) is -1.45. The lowest BCUT2D eigenvalue weighted by Crippen LogP contribution is -2.63. The number of ether oxygens (including phenoxy) is 1. The zero-order valence-corrected chi connectivity index (χ0v) is 9.30. The lowest BCUT2D eigenvalue weighted by atomic mass is 10.2. The van der Waals surface area contributed by atoms with E-state index in [4.69, 9.17) is 10.5 Å². The molecule has 1 heterocycles. The number of sulfonamides is 1. The van der Waals surface area contributed by atoms with Crippen LogP contribution in [0.2, 0.25) is 0 Å². The van der Waals surface area contributed by atoms with E-state index in [-0.39, 0.29) is 13.1 Å². The number of rotatable bonds is 3. The molecule has 1 atom stereocenters. The maximum absolute atomic E-state index is 11.3. The molecule has 1 aliphatic rings. The SMILES string of the molecule is CN[C@]1(CN)CN(S(C)(=O)=O)CCO1. The Morgan fingerprint density at radius 1 is 1.64 bits per heavy atom. The summed E-state index contributed by atoms with van der Waals surface area (Å²) < 4.78 is 29.4. The van der Waals surface area contributed by atoms with Crippen molar-refractivity contribution < 1.29 is 13.2 Å². The van der Waals surface area contributed by atoms with Crippen molar-refractivity contribution in [1.82, 2.24) is 9.62 Å². The molecule has 84 valence electrons. The van der Waals surface area contributed by atoms with Gasteiger partial charge in [-0.15, -0.1) is 0 Å². The highest BCUT2D eigenvalue weighted by Crippen LogP contribution is 2.15. The van der Waals surface area contributed by atoms with Gasteiger partial charge in [0.05, 0.1) is 19.4 Å². The zero-order chi connectivity index (χ0) is 10.8. The van der Waals surface area contributed by atoms with E-state index < -0.39 is 15.7 Å². The summed E-state index contributed by atoms with van der Waals surface area (Å²) in [5.74, 6) is 0. The summed E-state index contributed by atoms with van der Waals surface area (Å²) in [6, 6.07) is 0. The highest BCUT2D eigenvalue weighted by Gasteiger charge is 2.37. The molecule has 6 nitrogen and oxygen atoms in total. The lowest BCUT2D eigenvalue weighted by molar-refractivity contribution is -0.1000. The fourth-order valence-electron chi connectivity index (χ4n) is 1.41. The third-order valence-corrected chi connectivity index (χ3v) is 3.65. The van der Waals surface area contributed by atoms with Crippen LogP contribution in [-0.4, -0.2) is 58.0 Å². The summed E-state index contributed by atoms with van der Waals surface area (Å²) in [6.07, 6.45) is 1.19. The van der Waals surface area contributed by atoms with Crippen molar-refractivity contribution in [2.45, 2.75) is 5.72 Å². The molecule has 0 bridgehead atoms. The number of hydrogen-bond acceptors (Lipinski definition) is 5. The Balaban J connectivity index is 2.78. The molecule has 7 heteroatoms. The first-order valence-corrected chi connectivity index (χ1v) is 6.26. The molecule has 0 radical (unpaired) electrons. The summed E-state index contributed by atoms with van der Waals surface area (Å²) in [4.78, 5) is 0. The lowest BCUT2D eigenvalue weighted by Gasteiger charge is -2.40. The minimum Gasteiger partial charge on any atom is -0.357 e. The zero-order valence-electron chi connectivity index (χ0n) is 8.49. The number of nitrogens with zero attached hydrogens (tertiary/aromatic N) is 1. The van der Waals surface area contributed by atoms with Crippen molar-refractivity contribution in [2.75, 3.05) is 39.5 Å². The number of morpholine rings is 1. The Morgan fingerprint density at radius 3 is 2.71 bits per heavy atom. The third-order valence-electron chi connectivity index (χ3n) is 2.41. The van der Waals surface area contributed by atoms with Crippen LogP contribution in [0.15, 0.2) is 0 Å². The Hall–Kier alpha value is -0.210. The van der Waals surface area contributed by atoms with Gasteiger partial charge in [0.15, 0.2) is 0 Å². The largest absolute Gasteiger partial charge is 0.357 e. The van der Waals surface area contributed by atoms with Crippen LogP contribution in [-0.2, 0) is 14.8 Å². The normalized spacial score (nSPS) is 30.5. The maximum Gasteiger partial charge on any atom is 0.211 e. The van der Waals surface area contributed by atoms with E-state index in [1.807, 2.05) is 0 Å². The van der Waals surface area contributed by atoms with Gasteiger partial charge in [-0.3, -0.25) is 5.32 Å². The van der Waals surface area contributed by atoms with Gasteiger partial charge in [-0.2, -0.15) is 4.31 Å². The first-order chi connectivity index (χ1) is 6.43. The van der Waals surface area contributed by atoms with Crippen LogP contribution in [0.3, 0.4) is 0 Å². The van der Waals surface area contributed by atoms with Gasteiger partial charge < -0.3 is 10.5 Å². The quantitative estimate of drug-likeness (QED) is 0.587.